The Morgan fingerprint density at radius 3 is 2.13 bits per heavy atom. The van der Waals surface area contributed by atoms with Crippen LogP contribution in [0.15, 0.2) is 11.3 Å². The molecule has 0 atom stereocenters. The summed E-state index contributed by atoms with van der Waals surface area (Å²) >= 11 is 0. The summed E-state index contributed by atoms with van der Waals surface area (Å²) in [6.45, 7) is 3.45. The minimum atomic E-state index is 0. The maximum Gasteiger partial charge on any atom is 0 e. The van der Waals surface area contributed by atoms with Gasteiger partial charge in [0.2, 0.25) is 0 Å². The molecule has 15 heavy (non-hydrogen) atoms. The van der Waals surface area contributed by atoms with Crippen LogP contribution in [0.5, 0.6) is 0 Å². The van der Waals surface area contributed by atoms with Crippen molar-refractivity contribution in [1.29, 1.82) is 0 Å². The molecule has 0 amide bonds. The number of hydrogen-bond donors (Lipinski definition) is 0. The van der Waals surface area contributed by atoms with Crippen LogP contribution in [-0.4, -0.2) is 22.0 Å². The molecule has 0 bridgehead atoms. The van der Waals surface area contributed by atoms with Gasteiger partial charge in [0.25, 0.3) is 0 Å². The van der Waals surface area contributed by atoms with E-state index in [1.165, 1.54) is 7.05 Å². The Labute approximate surface area is 100 Å². The molecular weight excluding hydrogens is 244 g/mol. The molecule has 0 aromatic carbocycles. The first-order chi connectivity index (χ1) is 6.62. The molecule has 0 saturated heterocycles. The van der Waals surface area contributed by atoms with E-state index in [1.807, 2.05) is 26.1 Å². The average molecular weight is 257 g/mol. The number of rotatable bonds is 0. The van der Waals surface area contributed by atoms with Gasteiger partial charge in [-0.1, -0.05) is 10.3 Å². The van der Waals surface area contributed by atoms with Crippen LogP contribution in [0.4, 0.5) is 0 Å². The second-order valence-electron chi connectivity index (χ2n) is 2.07. The van der Waals surface area contributed by atoms with E-state index in [0.29, 0.717) is 0 Å². The first-order valence-corrected chi connectivity index (χ1v) is 3.71. The van der Waals surface area contributed by atoms with Gasteiger partial charge in [-0.2, -0.15) is 0 Å². The summed E-state index contributed by atoms with van der Waals surface area (Å²) in [5, 5.41) is 10.3. The SMILES string of the molecule is CN=[N+]=[N-].Cc1cn(C)nn1.[C+]#CC.[Cu]. The normalized spacial score (nSPS) is 6.27. The monoisotopic (exact) mass is 256 g/mol. The number of aryl methyl sites for hydroxylation is 2. The fourth-order valence-electron chi connectivity index (χ4n) is 0.463. The third kappa shape index (κ3) is 19.2. The molecule has 0 fully saturated rings. The predicted molar refractivity (Wildman–Crippen MR) is 53.6 cm³/mol. The Morgan fingerprint density at radius 1 is 1.67 bits per heavy atom. The summed E-state index contributed by atoms with van der Waals surface area (Å²) in [5.41, 5.74) is 8.29. The molecule has 0 aliphatic heterocycles. The second kappa shape index (κ2) is 15.2. The van der Waals surface area contributed by atoms with Crippen molar-refractivity contribution in [2.75, 3.05) is 7.05 Å². The van der Waals surface area contributed by atoms with E-state index in [4.69, 9.17) is 12.0 Å². The van der Waals surface area contributed by atoms with Crippen molar-refractivity contribution in [3.63, 3.8) is 0 Å². The van der Waals surface area contributed by atoms with E-state index in [-0.39, 0.29) is 17.1 Å². The molecule has 7 heteroatoms. The molecule has 6 nitrogen and oxygen atoms in total. The van der Waals surface area contributed by atoms with E-state index in [0.717, 1.165) is 5.69 Å². The molecular formula is C8H13CuN6+. The quantitative estimate of drug-likeness (QED) is 0.177. The summed E-state index contributed by atoms with van der Waals surface area (Å²) in [6.07, 6.45) is 7.82. The fraction of sp³-hybridized carbons (Fsp3) is 0.500. The zero-order chi connectivity index (χ0) is 11.4. The van der Waals surface area contributed by atoms with Crippen LogP contribution in [0.1, 0.15) is 12.6 Å². The van der Waals surface area contributed by atoms with Gasteiger partial charge in [-0.05, 0) is 12.5 Å². The van der Waals surface area contributed by atoms with Gasteiger partial charge in [-0.15, -0.1) is 5.10 Å². The van der Waals surface area contributed by atoms with Crippen LogP contribution in [0.25, 0.3) is 10.4 Å². The Balaban J connectivity index is -0.000000158. The molecule has 0 aliphatic carbocycles. The Hall–Kier alpha value is -1.25. The number of aromatic nitrogens is 3. The van der Waals surface area contributed by atoms with E-state index in [1.54, 1.807) is 11.6 Å². The molecule has 1 aromatic rings. The molecule has 1 aromatic heterocycles. The molecule has 1 radical (unpaired) electrons. The van der Waals surface area contributed by atoms with Gasteiger partial charge in [0.05, 0.1) is 5.69 Å². The van der Waals surface area contributed by atoms with Crippen LogP contribution in [0.3, 0.4) is 0 Å². The molecule has 1 heterocycles. The van der Waals surface area contributed by atoms with Crippen LogP contribution in [0, 0.1) is 19.3 Å². The molecule has 0 aliphatic rings. The van der Waals surface area contributed by atoms with Gasteiger partial charge < -0.3 is 0 Å². The molecule has 0 unspecified atom stereocenters. The average Bonchev–Trinajstić information content (AvgIpc) is 2.52. The van der Waals surface area contributed by atoms with Crippen molar-refractivity contribution in [3.05, 3.63) is 28.8 Å². The van der Waals surface area contributed by atoms with Crippen LogP contribution in [0.2, 0.25) is 0 Å². The topological polar surface area (TPSA) is 79.5 Å². The van der Waals surface area contributed by atoms with Gasteiger partial charge in [0.1, 0.15) is 0 Å². The van der Waals surface area contributed by atoms with E-state index >= 15 is 0 Å². The number of azide groups is 1. The zero-order valence-electron chi connectivity index (χ0n) is 9.06. The summed E-state index contributed by atoms with van der Waals surface area (Å²) < 4.78 is 1.68. The minimum Gasteiger partial charge on any atom is 0 e. The van der Waals surface area contributed by atoms with Crippen LogP contribution < -0.4 is 0 Å². The van der Waals surface area contributed by atoms with Crippen molar-refractivity contribution >= 4 is 0 Å². The molecule has 0 spiro atoms. The van der Waals surface area contributed by atoms with Gasteiger partial charge in [0.15, 0.2) is 0 Å². The van der Waals surface area contributed by atoms with Crippen molar-refractivity contribution in [3.8, 4) is 5.92 Å². The predicted octanol–water partition coefficient (Wildman–Crippen LogP) is 1.64. The van der Waals surface area contributed by atoms with Gasteiger partial charge in [-0.25, -0.2) is 0 Å². The van der Waals surface area contributed by atoms with E-state index < -0.39 is 0 Å². The zero-order valence-corrected chi connectivity index (χ0v) is 10.0. The molecule has 0 N–H and O–H groups in total. The summed E-state index contributed by atoms with van der Waals surface area (Å²) in [5.74, 6) is 2.00. The Morgan fingerprint density at radius 2 is 2.07 bits per heavy atom. The maximum atomic E-state index is 7.33. The Kier molecular flexibility index (Phi) is 19.6. The third-order valence-corrected chi connectivity index (χ3v) is 0.807. The minimum absolute atomic E-state index is 0. The summed E-state index contributed by atoms with van der Waals surface area (Å²) in [6, 6.07) is 0. The first-order valence-electron chi connectivity index (χ1n) is 3.71. The molecule has 1 rings (SSSR count). The van der Waals surface area contributed by atoms with E-state index in [2.05, 4.69) is 20.3 Å². The summed E-state index contributed by atoms with van der Waals surface area (Å²) in [4.78, 5) is 2.36. The van der Waals surface area contributed by atoms with Crippen LogP contribution >= 0.6 is 0 Å². The van der Waals surface area contributed by atoms with Gasteiger partial charge in [-0.3, -0.25) is 4.68 Å². The van der Waals surface area contributed by atoms with Gasteiger partial charge in [0, 0.05) is 42.3 Å². The fourth-order valence-corrected chi connectivity index (χ4v) is 0.463. The van der Waals surface area contributed by atoms with Crippen molar-refractivity contribution in [1.82, 2.24) is 15.0 Å². The molecule has 85 valence electrons. The Bertz CT molecular complexity index is 304. The van der Waals surface area contributed by atoms with Crippen molar-refractivity contribution < 1.29 is 17.1 Å². The number of nitrogens with zero attached hydrogens (tertiary/aromatic N) is 6. The number of hydrogen-bond acceptors (Lipinski definition) is 3. The van der Waals surface area contributed by atoms with E-state index in [9.17, 15) is 0 Å². The first kappa shape index (κ1) is 19.3. The second-order valence-corrected chi connectivity index (χ2v) is 2.07. The third-order valence-electron chi connectivity index (χ3n) is 0.807. The molecule has 0 saturated carbocycles. The van der Waals surface area contributed by atoms with Gasteiger partial charge >= 0.3 is 19.3 Å². The maximum absolute atomic E-state index is 7.33. The van der Waals surface area contributed by atoms with Crippen LogP contribution in [-0.2, 0) is 24.1 Å². The van der Waals surface area contributed by atoms with Crippen molar-refractivity contribution in [2.45, 2.75) is 13.8 Å². The smallest absolute Gasteiger partial charge is 0 e. The largest absolute Gasteiger partial charge is 0 e. The van der Waals surface area contributed by atoms with Crippen molar-refractivity contribution in [2.24, 2.45) is 12.2 Å². The standard InChI is InChI=1S/C4H7N3.C3H3.CH3N3.Cu/c1-4-3-7(2)6-5-4;1-3-2;1-3-4-2;/h3H,1-2H3;1H3;1H3;/q;+1;;. The summed E-state index contributed by atoms with van der Waals surface area (Å²) in [7, 11) is 3.24.